The second-order valence-corrected chi connectivity index (χ2v) is 1.47. The van der Waals surface area contributed by atoms with Crippen molar-refractivity contribution >= 4 is 12.9 Å². The molecule has 0 aromatic heterocycles. The van der Waals surface area contributed by atoms with Crippen LogP contribution in [0.25, 0.3) is 0 Å². The SMILES string of the molecule is C[C@@H](COC=O)OC=O. The first kappa shape index (κ1) is 7.94. The molecule has 0 spiro atoms. The summed E-state index contributed by atoms with van der Waals surface area (Å²) in [6.45, 7) is 2.36. The van der Waals surface area contributed by atoms with Gasteiger partial charge in [-0.15, -0.1) is 0 Å². The third-order valence-electron chi connectivity index (χ3n) is 0.687. The topological polar surface area (TPSA) is 52.6 Å². The van der Waals surface area contributed by atoms with Crippen LogP contribution in [0.5, 0.6) is 0 Å². The molecule has 1 atom stereocenters. The fourth-order valence-corrected chi connectivity index (χ4v) is 0.309. The molecule has 4 heteroatoms. The van der Waals surface area contributed by atoms with E-state index in [0.29, 0.717) is 12.9 Å². The van der Waals surface area contributed by atoms with Crippen LogP contribution in [0, 0.1) is 0 Å². The van der Waals surface area contributed by atoms with Gasteiger partial charge in [-0.1, -0.05) is 0 Å². The Balaban J connectivity index is 3.14. The van der Waals surface area contributed by atoms with Crippen LogP contribution in [0.3, 0.4) is 0 Å². The van der Waals surface area contributed by atoms with Gasteiger partial charge in [0, 0.05) is 0 Å². The van der Waals surface area contributed by atoms with Crippen molar-refractivity contribution in [3.8, 4) is 0 Å². The van der Waals surface area contributed by atoms with Gasteiger partial charge in [0.15, 0.2) is 0 Å². The van der Waals surface area contributed by atoms with Crippen molar-refractivity contribution in [3.63, 3.8) is 0 Å². The standard InChI is InChI=1S/C5H8O4/c1-5(9-4-7)2-8-3-6/h3-5H,2H2,1H3/t5-/m0/s1. The zero-order valence-electron chi connectivity index (χ0n) is 5.07. The zero-order chi connectivity index (χ0) is 7.11. The van der Waals surface area contributed by atoms with E-state index >= 15 is 0 Å². The molecule has 0 N–H and O–H groups in total. The molecule has 9 heavy (non-hydrogen) atoms. The van der Waals surface area contributed by atoms with E-state index < -0.39 is 0 Å². The molecule has 0 bridgehead atoms. The average molecular weight is 132 g/mol. The minimum atomic E-state index is -0.354. The first-order valence-electron chi connectivity index (χ1n) is 2.45. The highest BCUT2D eigenvalue weighted by atomic mass is 16.6. The van der Waals surface area contributed by atoms with Gasteiger partial charge in [-0.3, -0.25) is 9.59 Å². The number of carbonyl (C=O) groups is 2. The molecular formula is C5H8O4. The summed E-state index contributed by atoms with van der Waals surface area (Å²) in [5.41, 5.74) is 0. The number of rotatable bonds is 5. The van der Waals surface area contributed by atoms with Crippen LogP contribution in [0.2, 0.25) is 0 Å². The Morgan fingerprint density at radius 2 is 2.11 bits per heavy atom. The predicted octanol–water partition coefficient (Wildman–Crippen LogP) is -0.279. The Morgan fingerprint density at radius 3 is 2.56 bits per heavy atom. The summed E-state index contributed by atoms with van der Waals surface area (Å²) in [6, 6.07) is 0. The second kappa shape index (κ2) is 5.08. The van der Waals surface area contributed by atoms with Gasteiger partial charge in [-0.25, -0.2) is 0 Å². The summed E-state index contributed by atoms with van der Waals surface area (Å²) < 4.78 is 8.66. The molecule has 0 rings (SSSR count). The van der Waals surface area contributed by atoms with Gasteiger partial charge < -0.3 is 9.47 Å². The van der Waals surface area contributed by atoms with E-state index in [1.165, 1.54) is 0 Å². The van der Waals surface area contributed by atoms with Crippen LogP contribution in [0.15, 0.2) is 0 Å². The molecule has 0 amide bonds. The Morgan fingerprint density at radius 1 is 1.44 bits per heavy atom. The van der Waals surface area contributed by atoms with Crippen molar-refractivity contribution < 1.29 is 19.1 Å². The molecule has 0 radical (unpaired) electrons. The Bertz CT molecular complexity index is 91.0. The summed E-state index contributed by atoms with van der Waals surface area (Å²) in [5.74, 6) is 0. The van der Waals surface area contributed by atoms with Crippen LogP contribution in [0.1, 0.15) is 6.92 Å². The van der Waals surface area contributed by atoms with Gasteiger partial charge in [-0.2, -0.15) is 0 Å². The highest BCUT2D eigenvalue weighted by molar-refractivity contribution is 5.38. The molecule has 0 unspecified atom stereocenters. The van der Waals surface area contributed by atoms with Crippen LogP contribution < -0.4 is 0 Å². The summed E-state index contributed by atoms with van der Waals surface area (Å²) in [7, 11) is 0. The first-order chi connectivity index (χ1) is 4.31. The predicted molar refractivity (Wildman–Crippen MR) is 28.6 cm³/mol. The van der Waals surface area contributed by atoms with Gasteiger partial charge in [-0.05, 0) is 6.92 Å². The zero-order valence-corrected chi connectivity index (χ0v) is 5.07. The number of carbonyl (C=O) groups excluding carboxylic acids is 2. The van der Waals surface area contributed by atoms with E-state index in [1.807, 2.05) is 0 Å². The summed E-state index contributed by atoms with van der Waals surface area (Å²) in [5, 5.41) is 0. The fraction of sp³-hybridized carbons (Fsp3) is 0.600. The molecule has 0 aliphatic carbocycles. The van der Waals surface area contributed by atoms with E-state index in [0.717, 1.165) is 0 Å². The van der Waals surface area contributed by atoms with Gasteiger partial charge in [0.05, 0.1) is 0 Å². The highest BCUT2D eigenvalue weighted by Gasteiger charge is 1.98. The summed E-state index contributed by atoms with van der Waals surface area (Å²) in [6.07, 6.45) is -0.354. The maximum Gasteiger partial charge on any atom is 0.293 e. The molecule has 4 nitrogen and oxygen atoms in total. The van der Waals surface area contributed by atoms with Gasteiger partial charge >= 0.3 is 0 Å². The van der Waals surface area contributed by atoms with Crippen molar-refractivity contribution in [2.75, 3.05) is 6.61 Å². The molecule has 0 fully saturated rings. The number of hydrogen-bond donors (Lipinski definition) is 0. The van der Waals surface area contributed by atoms with E-state index in [-0.39, 0.29) is 12.7 Å². The second-order valence-electron chi connectivity index (χ2n) is 1.47. The molecule has 0 saturated carbocycles. The molecule has 0 aromatic rings. The molecular weight excluding hydrogens is 124 g/mol. The fourth-order valence-electron chi connectivity index (χ4n) is 0.309. The lowest BCUT2D eigenvalue weighted by Gasteiger charge is -2.05. The summed E-state index contributed by atoms with van der Waals surface area (Å²) in [4.78, 5) is 19.2. The van der Waals surface area contributed by atoms with Gasteiger partial charge in [0.1, 0.15) is 12.7 Å². The van der Waals surface area contributed by atoms with Gasteiger partial charge in [0.25, 0.3) is 12.9 Å². The highest BCUT2D eigenvalue weighted by Crippen LogP contribution is 1.85. The Hall–Kier alpha value is -1.06. The van der Waals surface area contributed by atoms with Crippen molar-refractivity contribution in [2.24, 2.45) is 0 Å². The number of hydrogen-bond acceptors (Lipinski definition) is 4. The van der Waals surface area contributed by atoms with Crippen LogP contribution in [0.4, 0.5) is 0 Å². The molecule has 0 aliphatic heterocycles. The first-order valence-corrected chi connectivity index (χ1v) is 2.45. The largest absolute Gasteiger partial charge is 0.464 e. The normalized spacial score (nSPS) is 11.7. The lowest BCUT2D eigenvalue weighted by Crippen LogP contribution is -2.14. The molecule has 0 aromatic carbocycles. The molecule has 52 valence electrons. The Kier molecular flexibility index (Phi) is 4.49. The third kappa shape index (κ3) is 4.80. The Labute approximate surface area is 52.7 Å². The third-order valence-corrected chi connectivity index (χ3v) is 0.687. The van der Waals surface area contributed by atoms with Crippen molar-refractivity contribution in [3.05, 3.63) is 0 Å². The minimum absolute atomic E-state index is 0.113. The van der Waals surface area contributed by atoms with Crippen molar-refractivity contribution in [1.82, 2.24) is 0 Å². The van der Waals surface area contributed by atoms with Crippen LogP contribution in [-0.4, -0.2) is 25.7 Å². The van der Waals surface area contributed by atoms with E-state index in [9.17, 15) is 9.59 Å². The van der Waals surface area contributed by atoms with Crippen LogP contribution >= 0.6 is 0 Å². The number of ether oxygens (including phenoxy) is 2. The summed E-state index contributed by atoms with van der Waals surface area (Å²) >= 11 is 0. The van der Waals surface area contributed by atoms with E-state index in [2.05, 4.69) is 9.47 Å². The lowest BCUT2D eigenvalue weighted by atomic mass is 10.4. The monoisotopic (exact) mass is 132 g/mol. The van der Waals surface area contributed by atoms with Gasteiger partial charge in [0.2, 0.25) is 0 Å². The lowest BCUT2D eigenvalue weighted by molar-refractivity contribution is -0.141. The maximum absolute atomic E-state index is 9.61. The van der Waals surface area contributed by atoms with Crippen molar-refractivity contribution in [1.29, 1.82) is 0 Å². The molecule has 0 saturated heterocycles. The van der Waals surface area contributed by atoms with E-state index in [4.69, 9.17) is 0 Å². The van der Waals surface area contributed by atoms with Crippen LogP contribution in [-0.2, 0) is 19.1 Å². The average Bonchev–Trinajstić information content (AvgIpc) is 1.85. The minimum Gasteiger partial charge on any atom is -0.464 e. The molecule has 0 heterocycles. The van der Waals surface area contributed by atoms with E-state index in [1.54, 1.807) is 6.92 Å². The van der Waals surface area contributed by atoms with Crippen molar-refractivity contribution in [2.45, 2.75) is 13.0 Å². The smallest absolute Gasteiger partial charge is 0.293 e. The maximum atomic E-state index is 9.61. The molecule has 0 aliphatic rings. The quantitative estimate of drug-likeness (QED) is 0.483.